The van der Waals surface area contributed by atoms with Gasteiger partial charge < -0.3 is 10.1 Å². The van der Waals surface area contributed by atoms with Gasteiger partial charge in [0.05, 0.1) is 7.11 Å². The highest BCUT2D eigenvalue weighted by Gasteiger charge is 2.11. The average Bonchev–Trinajstić information content (AvgIpc) is 2.43. The zero-order valence-corrected chi connectivity index (χ0v) is 12.2. The maximum absolute atomic E-state index is 5.27. The molecule has 0 fully saturated rings. The Morgan fingerprint density at radius 3 is 2.67 bits per heavy atom. The van der Waals surface area contributed by atoms with Crippen molar-refractivity contribution in [1.82, 2.24) is 5.32 Å². The summed E-state index contributed by atoms with van der Waals surface area (Å²) >= 11 is 0. The van der Waals surface area contributed by atoms with Gasteiger partial charge in [-0.05, 0) is 37.5 Å². The Balaban J connectivity index is 2.59. The van der Waals surface area contributed by atoms with E-state index in [-0.39, 0.29) is 0 Å². The van der Waals surface area contributed by atoms with Crippen molar-refractivity contribution in [3.05, 3.63) is 29.8 Å². The molecule has 0 spiro atoms. The third kappa shape index (κ3) is 4.69. The van der Waals surface area contributed by atoms with Crippen LogP contribution in [0.5, 0.6) is 5.75 Å². The number of unbranched alkanes of at least 4 members (excludes halogenated alkanes) is 1. The Kier molecular flexibility index (Phi) is 6.81. The topological polar surface area (TPSA) is 21.3 Å². The van der Waals surface area contributed by atoms with E-state index in [1.54, 1.807) is 7.11 Å². The molecule has 2 heteroatoms. The van der Waals surface area contributed by atoms with E-state index in [4.69, 9.17) is 4.74 Å². The Hall–Kier alpha value is -1.02. The summed E-state index contributed by atoms with van der Waals surface area (Å²) in [4.78, 5) is 0. The van der Waals surface area contributed by atoms with E-state index in [0.29, 0.717) is 12.1 Å². The summed E-state index contributed by atoms with van der Waals surface area (Å²) in [7, 11) is 1.72. The summed E-state index contributed by atoms with van der Waals surface area (Å²) in [6.07, 6.45) is 5.03. The minimum Gasteiger partial charge on any atom is -0.497 e. The molecule has 2 nitrogen and oxygen atoms in total. The van der Waals surface area contributed by atoms with E-state index in [1.807, 2.05) is 6.07 Å². The summed E-state index contributed by atoms with van der Waals surface area (Å²) < 4.78 is 5.27. The molecule has 0 aromatic heterocycles. The zero-order chi connectivity index (χ0) is 13.4. The lowest BCUT2D eigenvalue weighted by Gasteiger charge is -2.22. The van der Waals surface area contributed by atoms with Gasteiger partial charge in [0.1, 0.15) is 5.75 Å². The molecule has 0 bridgehead atoms. The van der Waals surface area contributed by atoms with Crippen molar-refractivity contribution in [1.29, 1.82) is 0 Å². The highest BCUT2D eigenvalue weighted by Crippen LogP contribution is 2.20. The maximum atomic E-state index is 5.27. The molecule has 0 aliphatic carbocycles. The largest absolute Gasteiger partial charge is 0.497 e. The second-order valence-corrected chi connectivity index (χ2v) is 4.91. The second-order valence-electron chi connectivity index (χ2n) is 4.91. The first kappa shape index (κ1) is 15.0. The molecule has 0 amide bonds. The molecule has 0 radical (unpaired) electrons. The Morgan fingerprint density at radius 1 is 1.28 bits per heavy atom. The van der Waals surface area contributed by atoms with Crippen LogP contribution >= 0.6 is 0 Å². The molecule has 1 aromatic rings. The molecule has 1 aromatic carbocycles. The van der Waals surface area contributed by atoms with Crippen LogP contribution in [0.3, 0.4) is 0 Å². The highest BCUT2D eigenvalue weighted by atomic mass is 16.5. The van der Waals surface area contributed by atoms with Crippen molar-refractivity contribution in [2.45, 2.75) is 58.5 Å². The molecule has 18 heavy (non-hydrogen) atoms. The van der Waals surface area contributed by atoms with Gasteiger partial charge >= 0.3 is 0 Å². The molecule has 1 unspecified atom stereocenters. The fraction of sp³-hybridized carbons (Fsp3) is 0.625. The van der Waals surface area contributed by atoms with E-state index in [0.717, 1.165) is 5.75 Å². The van der Waals surface area contributed by atoms with E-state index in [9.17, 15) is 0 Å². The number of benzene rings is 1. The van der Waals surface area contributed by atoms with E-state index >= 15 is 0 Å². The van der Waals surface area contributed by atoms with Crippen molar-refractivity contribution in [2.24, 2.45) is 0 Å². The summed E-state index contributed by atoms with van der Waals surface area (Å²) in [5.41, 5.74) is 1.30. The van der Waals surface area contributed by atoms with Crippen LogP contribution in [-0.2, 0) is 0 Å². The lowest BCUT2D eigenvalue weighted by Crippen LogP contribution is -2.30. The van der Waals surface area contributed by atoms with Crippen molar-refractivity contribution in [3.8, 4) is 5.75 Å². The van der Waals surface area contributed by atoms with Gasteiger partial charge in [0.2, 0.25) is 0 Å². The van der Waals surface area contributed by atoms with Crippen LogP contribution in [0.2, 0.25) is 0 Å². The predicted molar refractivity (Wildman–Crippen MR) is 78.1 cm³/mol. The lowest BCUT2D eigenvalue weighted by atomic mass is 10.0. The summed E-state index contributed by atoms with van der Waals surface area (Å²) in [6.45, 7) is 6.73. The van der Waals surface area contributed by atoms with Crippen molar-refractivity contribution < 1.29 is 4.74 Å². The number of hydrogen-bond acceptors (Lipinski definition) is 2. The monoisotopic (exact) mass is 249 g/mol. The van der Waals surface area contributed by atoms with Crippen LogP contribution in [0.4, 0.5) is 0 Å². The predicted octanol–water partition coefficient (Wildman–Crippen LogP) is 4.31. The molecule has 0 saturated heterocycles. The smallest absolute Gasteiger partial charge is 0.119 e. The Bertz CT molecular complexity index is 338. The van der Waals surface area contributed by atoms with Gasteiger partial charge in [-0.2, -0.15) is 0 Å². The minimum atomic E-state index is 0.377. The van der Waals surface area contributed by atoms with Crippen LogP contribution in [0.15, 0.2) is 24.3 Å². The first-order valence-electron chi connectivity index (χ1n) is 7.11. The first-order valence-corrected chi connectivity index (χ1v) is 7.11. The van der Waals surface area contributed by atoms with Gasteiger partial charge in [0.15, 0.2) is 0 Å². The molecular formula is C16H27NO. The highest BCUT2D eigenvalue weighted by molar-refractivity contribution is 5.30. The van der Waals surface area contributed by atoms with Crippen molar-refractivity contribution >= 4 is 0 Å². The molecular weight excluding hydrogens is 222 g/mol. The molecule has 1 rings (SSSR count). The van der Waals surface area contributed by atoms with Crippen LogP contribution in [0.25, 0.3) is 0 Å². The second kappa shape index (κ2) is 8.15. The lowest BCUT2D eigenvalue weighted by molar-refractivity contribution is 0.401. The van der Waals surface area contributed by atoms with Crippen LogP contribution in [-0.4, -0.2) is 13.2 Å². The first-order chi connectivity index (χ1) is 8.71. The summed E-state index contributed by atoms with van der Waals surface area (Å²) in [5, 5.41) is 3.71. The molecule has 0 aliphatic rings. The third-order valence-corrected chi connectivity index (χ3v) is 3.48. The fourth-order valence-corrected chi connectivity index (χ4v) is 2.22. The van der Waals surface area contributed by atoms with E-state index < -0.39 is 0 Å². The molecule has 2 atom stereocenters. The van der Waals surface area contributed by atoms with Gasteiger partial charge in [-0.25, -0.2) is 0 Å². The number of methoxy groups -OCH3 is 1. The van der Waals surface area contributed by atoms with Crippen LogP contribution < -0.4 is 10.1 Å². The quantitative estimate of drug-likeness (QED) is 0.741. The van der Waals surface area contributed by atoms with Gasteiger partial charge in [-0.15, -0.1) is 0 Å². The third-order valence-electron chi connectivity index (χ3n) is 3.48. The van der Waals surface area contributed by atoms with Gasteiger partial charge in [0, 0.05) is 12.1 Å². The van der Waals surface area contributed by atoms with E-state index in [1.165, 1.54) is 31.2 Å². The average molecular weight is 249 g/mol. The molecule has 102 valence electrons. The van der Waals surface area contributed by atoms with Crippen LogP contribution in [0, 0.1) is 0 Å². The number of hydrogen-bond donors (Lipinski definition) is 1. The number of rotatable bonds is 8. The van der Waals surface area contributed by atoms with Crippen LogP contribution in [0.1, 0.15) is 58.1 Å². The van der Waals surface area contributed by atoms with Gasteiger partial charge in [0.25, 0.3) is 0 Å². The number of nitrogens with one attached hydrogen (secondary N) is 1. The summed E-state index contributed by atoms with van der Waals surface area (Å²) in [5.74, 6) is 0.933. The minimum absolute atomic E-state index is 0.377. The van der Waals surface area contributed by atoms with Gasteiger partial charge in [-0.3, -0.25) is 0 Å². The van der Waals surface area contributed by atoms with Crippen molar-refractivity contribution in [3.63, 3.8) is 0 Å². The SMILES string of the molecule is CCCCC(CC)N[C@@H](C)c1cccc(OC)c1. The molecule has 0 saturated carbocycles. The van der Waals surface area contributed by atoms with Gasteiger partial charge in [-0.1, -0.05) is 38.8 Å². The zero-order valence-electron chi connectivity index (χ0n) is 12.2. The van der Waals surface area contributed by atoms with E-state index in [2.05, 4.69) is 44.3 Å². The normalized spacial score (nSPS) is 14.2. The Labute approximate surface area is 112 Å². The standard InChI is InChI=1S/C16H27NO/c1-5-7-10-15(6-2)17-13(3)14-9-8-11-16(12-14)18-4/h8-9,11-13,15,17H,5-7,10H2,1-4H3/t13-,15?/m0/s1. The van der Waals surface area contributed by atoms with Crippen molar-refractivity contribution in [2.75, 3.05) is 7.11 Å². The molecule has 1 N–H and O–H groups in total. The molecule has 0 aliphatic heterocycles. The Morgan fingerprint density at radius 2 is 2.06 bits per heavy atom. The maximum Gasteiger partial charge on any atom is 0.119 e. The number of ether oxygens (including phenoxy) is 1. The summed E-state index contributed by atoms with van der Waals surface area (Å²) in [6, 6.07) is 9.31. The molecule has 0 heterocycles. The fourth-order valence-electron chi connectivity index (χ4n) is 2.22.